The second kappa shape index (κ2) is 27.6. The molecule has 558 valence electrons. The van der Waals surface area contributed by atoms with Crippen molar-refractivity contribution in [2.24, 2.45) is 0 Å². The first-order valence-electron chi connectivity index (χ1n) is 40.5. The summed E-state index contributed by atoms with van der Waals surface area (Å²) < 4.78 is 6.95. The molecule has 0 saturated heterocycles. The van der Waals surface area contributed by atoms with Crippen molar-refractivity contribution in [2.45, 2.75) is 50.1 Å². The second-order valence-electron chi connectivity index (χ2n) is 31.2. The average Bonchev–Trinajstić information content (AvgIpc) is 1.52. The summed E-state index contributed by atoms with van der Waals surface area (Å²) in [4.78, 5) is 22.1. The summed E-state index contributed by atoms with van der Waals surface area (Å²) in [7, 11) is 0. The van der Waals surface area contributed by atoms with Crippen LogP contribution >= 0.6 is 35.3 Å². The van der Waals surface area contributed by atoms with E-state index in [2.05, 4.69) is 405 Å². The van der Waals surface area contributed by atoms with Crippen molar-refractivity contribution in [1.29, 1.82) is 0 Å². The molecule has 9 heteroatoms. The Labute approximate surface area is 699 Å². The van der Waals surface area contributed by atoms with Crippen LogP contribution in [0.1, 0.15) is 17.5 Å². The van der Waals surface area contributed by atoms with E-state index in [1.807, 2.05) is 35.3 Å². The van der Waals surface area contributed by atoms with Gasteiger partial charge < -0.3 is 0 Å². The Bertz CT molecular complexity index is 8090. The fourth-order valence-electron chi connectivity index (χ4n) is 19.6. The lowest BCUT2D eigenvalue weighted by molar-refractivity contribution is 0.963. The first-order valence-corrected chi connectivity index (χ1v) is 43.0. The molecule has 26 rings (SSSR count). The number of rotatable bonds is 6. The van der Waals surface area contributed by atoms with Crippen LogP contribution in [0.25, 0.3) is 203 Å². The molecular weight excluding hydrogens is 1500 g/mol. The predicted octanol–water partition coefficient (Wildman–Crippen LogP) is 30.6. The van der Waals surface area contributed by atoms with Gasteiger partial charge in [-0.3, -0.25) is 13.7 Å². The normalized spacial score (nSPS) is 12.4. The second-order valence-corrected chi connectivity index (χ2v) is 34.4. The number of benzene rings is 20. The predicted molar refractivity (Wildman–Crippen MR) is 502 cm³/mol. The number of aryl methyl sites for hydroxylation is 3. The van der Waals surface area contributed by atoms with Crippen molar-refractivity contribution < 1.29 is 0 Å². The summed E-state index contributed by atoms with van der Waals surface area (Å²) in [6, 6.07) is 135. The average molecular weight is 1570 g/mol. The molecule has 119 heavy (non-hydrogen) atoms. The Morgan fingerprint density at radius 2 is 0.471 bits per heavy atom. The molecule has 0 amide bonds. The number of imidazole rings is 3. The highest BCUT2D eigenvalue weighted by Gasteiger charge is 2.29. The third-order valence-corrected chi connectivity index (χ3v) is 27.8. The van der Waals surface area contributed by atoms with Crippen molar-refractivity contribution in [3.05, 3.63) is 388 Å². The standard InChI is InChI=1S/2C38H24N2S.C34H22N2S/c1-23-39-32-18-9-19-34-38(32)40(23)33-21-20-25(22-35(33)41-34)36-28-13-4-6-15-30(28)37(31-16-7-5-14-29(31)36)27-17-8-11-24-10-2-3-12-26(24)27;1-23-39-32-15-8-16-34-38(32)40(23)33-20-19-27(22-35(33)41-34)37-30-13-6-4-11-28(30)36(29-12-5-7-14-31(29)37)26-18-17-24-9-2-3-10-25(24)21-26;1-21-35-28-16-9-17-30-34(28)36(21)29-19-18-23(20-31(29)37-30)33-26-14-7-5-12-24(26)32(22-10-3-2-4-11-22)25-13-6-8-15-27(25)33/h2*2-22H,1H3;2-20H,1H3. The molecule has 0 bridgehead atoms. The van der Waals surface area contributed by atoms with Gasteiger partial charge in [0.1, 0.15) is 17.5 Å². The van der Waals surface area contributed by atoms with E-state index in [9.17, 15) is 0 Å². The molecule has 0 spiro atoms. The van der Waals surface area contributed by atoms with Crippen LogP contribution in [0.5, 0.6) is 0 Å². The molecule has 6 nitrogen and oxygen atoms in total. The van der Waals surface area contributed by atoms with Crippen LogP contribution in [-0.2, 0) is 0 Å². The highest BCUT2D eigenvalue weighted by Crippen LogP contribution is 2.54. The van der Waals surface area contributed by atoms with Gasteiger partial charge in [0.25, 0.3) is 0 Å². The van der Waals surface area contributed by atoms with E-state index >= 15 is 0 Å². The van der Waals surface area contributed by atoms with E-state index in [0.29, 0.717) is 0 Å². The van der Waals surface area contributed by atoms with Crippen molar-refractivity contribution in [1.82, 2.24) is 28.7 Å². The van der Waals surface area contributed by atoms with Gasteiger partial charge in [0, 0.05) is 29.4 Å². The SMILES string of the molecule is Cc1nc2cccc3c2n1-c1ccc(-c2c4ccccc4c(-c4ccc5ccccc5c4)c4ccccc24)cc1S3.Cc1nc2cccc3c2n1-c1ccc(-c2c4ccccc4c(-c4cccc5ccccc45)c4ccccc24)cc1S3.Cc1nc2cccc3c2n1-c1ccc(-c2c4ccccc4c(-c4ccccc4)c4ccccc24)cc1S3. The van der Waals surface area contributed by atoms with Crippen LogP contribution in [0, 0.1) is 20.8 Å². The zero-order valence-electron chi connectivity index (χ0n) is 65.1. The lowest BCUT2D eigenvalue weighted by Gasteiger charge is -2.22. The summed E-state index contributed by atoms with van der Waals surface area (Å²) >= 11 is 5.54. The Balaban J connectivity index is 0.000000102. The van der Waals surface area contributed by atoms with Gasteiger partial charge in [0.2, 0.25) is 0 Å². The van der Waals surface area contributed by atoms with E-state index in [0.717, 1.165) is 34.0 Å². The zero-order chi connectivity index (χ0) is 78.7. The first kappa shape index (κ1) is 69.3. The molecule has 0 fully saturated rings. The number of nitrogens with zero attached hydrogens (tertiary/aromatic N) is 6. The molecule has 0 saturated carbocycles. The fourth-order valence-corrected chi connectivity index (χ4v) is 22.9. The van der Waals surface area contributed by atoms with Crippen LogP contribution in [0.4, 0.5) is 0 Å². The molecular formula is C110H70N6S3. The Morgan fingerprint density at radius 3 is 0.840 bits per heavy atom. The van der Waals surface area contributed by atoms with Crippen LogP contribution < -0.4 is 0 Å². The highest BCUT2D eigenvalue weighted by molar-refractivity contribution is 8.00. The van der Waals surface area contributed by atoms with Crippen molar-refractivity contribution >= 4 is 155 Å². The molecule has 0 unspecified atom stereocenters. The minimum absolute atomic E-state index is 1.03. The molecule has 23 aromatic rings. The van der Waals surface area contributed by atoms with Gasteiger partial charge in [-0.2, -0.15) is 0 Å². The zero-order valence-corrected chi connectivity index (χ0v) is 67.6. The molecule has 0 aliphatic carbocycles. The third-order valence-electron chi connectivity index (χ3n) is 24.5. The maximum absolute atomic E-state index is 4.86. The van der Waals surface area contributed by atoms with E-state index in [1.165, 1.54) is 216 Å². The van der Waals surface area contributed by atoms with Crippen LogP contribution in [0.2, 0.25) is 0 Å². The Morgan fingerprint density at radius 1 is 0.193 bits per heavy atom. The van der Waals surface area contributed by atoms with Crippen molar-refractivity contribution in [3.63, 3.8) is 0 Å². The van der Waals surface area contributed by atoms with Gasteiger partial charge in [-0.25, -0.2) is 15.0 Å². The van der Waals surface area contributed by atoms with Gasteiger partial charge >= 0.3 is 0 Å². The van der Waals surface area contributed by atoms with Crippen LogP contribution in [0.3, 0.4) is 0 Å². The summed E-state index contributed by atoms with van der Waals surface area (Å²) in [5, 5.41) is 20.4. The van der Waals surface area contributed by atoms with Gasteiger partial charge in [0.15, 0.2) is 0 Å². The number of fused-ring (bicyclic) bond motifs is 14. The van der Waals surface area contributed by atoms with Gasteiger partial charge in [0.05, 0.1) is 50.2 Å². The number of hydrogen-bond donors (Lipinski definition) is 0. The van der Waals surface area contributed by atoms with Crippen molar-refractivity contribution in [3.8, 4) is 83.8 Å². The molecule has 3 aromatic heterocycles. The monoisotopic (exact) mass is 1570 g/mol. The molecule has 3 aliphatic rings. The molecule has 20 aromatic carbocycles. The van der Waals surface area contributed by atoms with E-state index in [1.54, 1.807) is 0 Å². The van der Waals surface area contributed by atoms with Crippen LogP contribution in [-0.4, -0.2) is 28.7 Å². The highest BCUT2D eigenvalue weighted by atomic mass is 32.2. The summed E-state index contributed by atoms with van der Waals surface area (Å²) in [5.74, 6) is 3.08. The van der Waals surface area contributed by atoms with E-state index in [4.69, 9.17) is 15.0 Å². The quantitative estimate of drug-likeness (QED) is 0.155. The fraction of sp³-hybridized carbons (Fsp3) is 0.0273. The van der Waals surface area contributed by atoms with Crippen LogP contribution in [0.15, 0.2) is 399 Å². The first-order chi connectivity index (χ1) is 58.8. The topological polar surface area (TPSA) is 53.5 Å². The maximum atomic E-state index is 4.86. The number of aromatic nitrogens is 6. The lowest BCUT2D eigenvalue weighted by Crippen LogP contribution is -2.03. The maximum Gasteiger partial charge on any atom is 0.111 e. The minimum atomic E-state index is 1.03. The third kappa shape index (κ3) is 11.0. The summed E-state index contributed by atoms with van der Waals surface area (Å²) in [6.07, 6.45) is 0. The van der Waals surface area contributed by atoms with Gasteiger partial charge in [-0.05, 0) is 253 Å². The van der Waals surface area contributed by atoms with Crippen molar-refractivity contribution in [2.75, 3.05) is 0 Å². The van der Waals surface area contributed by atoms with E-state index < -0.39 is 0 Å². The molecule has 6 heterocycles. The molecule has 3 aliphatic heterocycles. The largest absolute Gasteiger partial charge is 0.294 e. The Kier molecular flexibility index (Phi) is 16.0. The van der Waals surface area contributed by atoms with Gasteiger partial charge in [-0.1, -0.05) is 326 Å². The number of para-hydroxylation sites is 3. The number of hydrogen-bond acceptors (Lipinski definition) is 6. The minimum Gasteiger partial charge on any atom is -0.294 e. The Hall–Kier alpha value is -14.1. The van der Waals surface area contributed by atoms with Gasteiger partial charge in [-0.15, -0.1) is 0 Å². The summed E-state index contributed by atoms with van der Waals surface area (Å²) in [5.41, 5.74) is 25.7. The molecule has 0 atom stereocenters. The molecule has 0 radical (unpaired) electrons. The smallest absolute Gasteiger partial charge is 0.111 e. The molecule has 0 N–H and O–H groups in total. The van der Waals surface area contributed by atoms with E-state index in [-0.39, 0.29) is 0 Å². The summed E-state index contributed by atoms with van der Waals surface area (Å²) in [6.45, 7) is 6.30. The lowest BCUT2D eigenvalue weighted by atomic mass is 9.85.